The van der Waals surface area contributed by atoms with Gasteiger partial charge in [-0.1, -0.05) is 13.3 Å². The summed E-state index contributed by atoms with van der Waals surface area (Å²) in [4.78, 5) is 10.5. The molecule has 4 nitrogen and oxygen atoms in total. The molecule has 0 bridgehead atoms. The van der Waals surface area contributed by atoms with E-state index in [1.807, 2.05) is 6.07 Å². The number of nitrogens with zero attached hydrogens (tertiary/aromatic N) is 1. The third-order valence-electron chi connectivity index (χ3n) is 3.94. The van der Waals surface area contributed by atoms with E-state index in [4.69, 9.17) is 0 Å². The van der Waals surface area contributed by atoms with Crippen molar-refractivity contribution in [3.05, 3.63) is 32.8 Å². The van der Waals surface area contributed by atoms with Crippen molar-refractivity contribution in [2.75, 3.05) is 5.32 Å². The molecule has 0 unspecified atom stereocenters. The van der Waals surface area contributed by atoms with Crippen molar-refractivity contribution in [2.24, 2.45) is 5.92 Å². The quantitative estimate of drug-likeness (QED) is 0.642. The van der Waals surface area contributed by atoms with Crippen LogP contribution in [0.25, 0.3) is 0 Å². The van der Waals surface area contributed by atoms with Gasteiger partial charge < -0.3 is 5.32 Å². The molecule has 1 aromatic carbocycles. The maximum Gasteiger partial charge on any atom is 0.285 e. The minimum Gasteiger partial charge on any atom is -0.382 e. The van der Waals surface area contributed by atoms with Crippen molar-refractivity contribution in [1.29, 1.82) is 0 Å². The smallest absolute Gasteiger partial charge is 0.285 e. The van der Waals surface area contributed by atoms with Crippen molar-refractivity contribution >= 4 is 27.3 Å². The average molecular weight is 327 g/mol. The van der Waals surface area contributed by atoms with Gasteiger partial charge in [-0.25, -0.2) is 0 Å². The van der Waals surface area contributed by atoms with E-state index in [0.29, 0.717) is 10.5 Å². The minimum atomic E-state index is -0.358. The second-order valence-electron chi connectivity index (χ2n) is 5.19. The van der Waals surface area contributed by atoms with Crippen LogP contribution in [0.5, 0.6) is 0 Å². The Hall–Kier alpha value is -1.10. The first-order valence-electron chi connectivity index (χ1n) is 6.80. The standard InChI is InChI=1S/C14H19BrN2O2/c1-2-10-3-5-11(6-4-10)16-12-7-8-13(15)14(9-12)17(18)19/h7-11,16H,2-6H2,1H3. The first-order chi connectivity index (χ1) is 9.10. The van der Waals surface area contributed by atoms with E-state index < -0.39 is 0 Å². The SMILES string of the molecule is CCC1CCC(Nc2ccc(Br)c([N+](=O)[O-])c2)CC1. The summed E-state index contributed by atoms with van der Waals surface area (Å²) in [6.45, 7) is 2.25. The Morgan fingerprint density at radius 3 is 2.63 bits per heavy atom. The Kier molecular flexibility index (Phi) is 4.80. The highest BCUT2D eigenvalue weighted by atomic mass is 79.9. The molecule has 1 aliphatic carbocycles. The highest BCUT2D eigenvalue weighted by Gasteiger charge is 2.20. The summed E-state index contributed by atoms with van der Waals surface area (Å²) in [5, 5.41) is 14.3. The normalized spacial score (nSPS) is 23.1. The lowest BCUT2D eigenvalue weighted by Gasteiger charge is -2.29. The molecule has 1 fully saturated rings. The summed E-state index contributed by atoms with van der Waals surface area (Å²) in [7, 11) is 0. The number of nitro benzene ring substituents is 1. The second-order valence-corrected chi connectivity index (χ2v) is 6.05. The average Bonchev–Trinajstić information content (AvgIpc) is 2.41. The molecule has 0 saturated heterocycles. The second kappa shape index (κ2) is 6.37. The van der Waals surface area contributed by atoms with Crippen molar-refractivity contribution < 1.29 is 4.92 Å². The van der Waals surface area contributed by atoms with Gasteiger partial charge in [0.25, 0.3) is 5.69 Å². The van der Waals surface area contributed by atoms with Crippen LogP contribution in [-0.4, -0.2) is 11.0 Å². The van der Waals surface area contributed by atoms with Crippen LogP contribution < -0.4 is 5.32 Å². The molecule has 1 aliphatic rings. The number of hydrogen-bond acceptors (Lipinski definition) is 3. The van der Waals surface area contributed by atoms with E-state index in [1.54, 1.807) is 12.1 Å². The van der Waals surface area contributed by atoms with Gasteiger partial charge in [-0.05, 0) is 59.7 Å². The highest BCUT2D eigenvalue weighted by Crippen LogP contribution is 2.31. The fourth-order valence-corrected chi connectivity index (χ4v) is 3.08. The van der Waals surface area contributed by atoms with Gasteiger partial charge in [0.15, 0.2) is 0 Å². The molecule has 1 N–H and O–H groups in total. The zero-order valence-electron chi connectivity index (χ0n) is 11.1. The maximum absolute atomic E-state index is 10.9. The van der Waals surface area contributed by atoms with Crippen LogP contribution in [0.1, 0.15) is 39.0 Å². The summed E-state index contributed by atoms with van der Waals surface area (Å²) in [5.74, 6) is 0.859. The Balaban J connectivity index is 2.00. The lowest BCUT2D eigenvalue weighted by molar-refractivity contribution is -0.385. The molecule has 19 heavy (non-hydrogen) atoms. The van der Waals surface area contributed by atoms with Crippen LogP contribution in [0.2, 0.25) is 0 Å². The summed E-state index contributed by atoms with van der Waals surface area (Å²) in [5.41, 5.74) is 0.960. The zero-order chi connectivity index (χ0) is 13.8. The molecule has 104 valence electrons. The van der Waals surface area contributed by atoms with Gasteiger partial charge in [-0.2, -0.15) is 0 Å². The predicted molar refractivity (Wildman–Crippen MR) is 80.5 cm³/mol. The fraction of sp³-hybridized carbons (Fsp3) is 0.571. The van der Waals surface area contributed by atoms with Crippen molar-refractivity contribution in [1.82, 2.24) is 0 Å². The van der Waals surface area contributed by atoms with Gasteiger partial charge in [-0.3, -0.25) is 10.1 Å². The molecule has 2 rings (SSSR count). The lowest BCUT2D eigenvalue weighted by atomic mass is 9.84. The summed E-state index contributed by atoms with van der Waals surface area (Å²) in [6.07, 6.45) is 6.08. The van der Waals surface area contributed by atoms with Crippen LogP contribution in [-0.2, 0) is 0 Å². The van der Waals surface area contributed by atoms with Crippen LogP contribution >= 0.6 is 15.9 Å². The number of nitrogens with one attached hydrogen (secondary N) is 1. The Labute approximate surface area is 121 Å². The van der Waals surface area contributed by atoms with Gasteiger partial charge >= 0.3 is 0 Å². The van der Waals surface area contributed by atoms with Crippen molar-refractivity contribution in [2.45, 2.75) is 45.1 Å². The van der Waals surface area contributed by atoms with E-state index in [0.717, 1.165) is 24.4 Å². The summed E-state index contributed by atoms with van der Waals surface area (Å²) >= 11 is 3.20. The number of benzene rings is 1. The van der Waals surface area contributed by atoms with E-state index in [2.05, 4.69) is 28.2 Å². The van der Waals surface area contributed by atoms with E-state index in [1.165, 1.54) is 19.3 Å². The van der Waals surface area contributed by atoms with Crippen LogP contribution in [0.4, 0.5) is 11.4 Å². The Bertz CT molecular complexity index is 457. The predicted octanol–water partition coefficient (Wildman–Crippen LogP) is 4.74. The topological polar surface area (TPSA) is 55.2 Å². The van der Waals surface area contributed by atoms with Gasteiger partial charge in [-0.15, -0.1) is 0 Å². The first-order valence-corrected chi connectivity index (χ1v) is 7.60. The minimum absolute atomic E-state index is 0.118. The van der Waals surface area contributed by atoms with Gasteiger partial charge in [0, 0.05) is 17.8 Å². The van der Waals surface area contributed by atoms with Crippen LogP contribution in [0, 0.1) is 16.0 Å². The fourth-order valence-electron chi connectivity index (χ4n) is 2.69. The third-order valence-corrected chi connectivity index (χ3v) is 4.61. The van der Waals surface area contributed by atoms with E-state index >= 15 is 0 Å². The number of halogens is 1. The van der Waals surface area contributed by atoms with Gasteiger partial charge in [0.2, 0.25) is 0 Å². The third kappa shape index (κ3) is 3.69. The molecule has 0 spiro atoms. The largest absolute Gasteiger partial charge is 0.382 e. The Morgan fingerprint density at radius 1 is 1.37 bits per heavy atom. The number of anilines is 1. The Morgan fingerprint density at radius 2 is 2.05 bits per heavy atom. The number of nitro groups is 1. The maximum atomic E-state index is 10.9. The first kappa shape index (κ1) is 14.3. The van der Waals surface area contributed by atoms with Crippen LogP contribution in [0.15, 0.2) is 22.7 Å². The molecule has 5 heteroatoms. The summed E-state index contributed by atoms with van der Waals surface area (Å²) < 4.78 is 0.526. The van der Waals surface area contributed by atoms with Gasteiger partial charge in [0.05, 0.1) is 9.40 Å². The molecule has 0 aliphatic heterocycles. The molecule has 0 atom stereocenters. The molecule has 0 radical (unpaired) electrons. The number of hydrogen-bond donors (Lipinski definition) is 1. The zero-order valence-corrected chi connectivity index (χ0v) is 12.6. The molecular weight excluding hydrogens is 308 g/mol. The molecule has 0 heterocycles. The highest BCUT2D eigenvalue weighted by molar-refractivity contribution is 9.10. The van der Waals surface area contributed by atoms with Crippen LogP contribution in [0.3, 0.4) is 0 Å². The molecule has 1 saturated carbocycles. The number of rotatable bonds is 4. The summed E-state index contributed by atoms with van der Waals surface area (Å²) in [6, 6.07) is 5.68. The van der Waals surface area contributed by atoms with Crippen molar-refractivity contribution in [3.63, 3.8) is 0 Å². The van der Waals surface area contributed by atoms with Crippen molar-refractivity contribution in [3.8, 4) is 0 Å². The molecular formula is C14H19BrN2O2. The van der Waals surface area contributed by atoms with E-state index in [-0.39, 0.29) is 10.6 Å². The molecule has 0 aromatic heterocycles. The lowest BCUT2D eigenvalue weighted by Crippen LogP contribution is -2.25. The molecule has 1 aromatic rings. The van der Waals surface area contributed by atoms with E-state index in [9.17, 15) is 10.1 Å². The molecule has 0 amide bonds. The van der Waals surface area contributed by atoms with Gasteiger partial charge in [0.1, 0.15) is 0 Å². The monoisotopic (exact) mass is 326 g/mol.